The van der Waals surface area contributed by atoms with Crippen LogP contribution >= 0.6 is 23.2 Å². The number of nitrogens with zero attached hydrogens (tertiary/aromatic N) is 2. The number of carbonyl (C=O) groups is 1. The van der Waals surface area contributed by atoms with Gasteiger partial charge < -0.3 is 15.8 Å². The molecule has 0 aliphatic heterocycles. The number of halogens is 2. The van der Waals surface area contributed by atoms with Crippen molar-refractivity contribution in [2.75, 3.05) is 6.54 Å². The molecule has 0 spiro atoms. The molecule has 116 valence electrons. The summed E-state index contributed by atoms with van der Waals surface area (Å²) >= 11 is 11.8. The van der Waals surface area contributed by atoms with E-state index in [1.807, 2.05) is 13.8 Å². The zero-order valence-corrected chi connectivity index (χ0v) is 13.5. The fourth-order valence-corrected chi connectivity index (χ4v) is 2.20. The lowest BCUT2D eigenvalue weighted by molar-refractivity contribution is -0.132. The van der Waals surface area contributed by atoms with Gasteiger partial charge in [0.1, 0.15) is 5.84 Å². The molecule has 0 heterocycles. The zero-order valence-electron chi connectivity index (χ0n) is 12.0. The molecule has 0 aromatic heterocycles. The Labute approximate surface area is 134 Å². The fraction of sp³-hybridized carbons (Fsp3) is 0.429. The highest BCUT2D eigenvalue weighted by molar-refractivity contribution is 6.42. The predicted molar refractivity (Wildman–Crippen MR) is 85.0 cm³/mol. The monoisotopic (exact) mass is 331 g/mol. The van der Waals surface area contributed by atoms with Crippen LogP contribution in [0.5, 0.6) is 0 Å². The van der Waals surface area contributed by atoms with E-state index < -0.39 is 0 Å². The van der Waals surface area contributed by atoms with Crippen LogP contribution < -0.4 is 5.73 Å². The van der Waals surface area contributed by atoms with E-state index in [9.17, 15) is 4.79 Å². The molecule has 0 saturated carbocycles. The molecular formula is C14H19Cl2N3O2. The van der Waals surface area contributed by atoms with Crippen molar-refractivity contribution in [1.29, 1.82) is 0 Å². The molecule has 0 radical (unpaired) electrons. The van der Waals surface area contributed by atoms with Crippen LogP contribution in [0.3, 0.4) is 0 Å². The number of amidine groups is 1. The summed E-state index contributed by atoms with van der Waals surface area (Å²) in [6, 6.07) is 5.15. The zero-order chi connectivity index (χ0) is 16.0. The second-order valence-corrected chi connectivity index (χ2v) is 5.76. The van der Waals surface area contributed by atoms with E-state index in [1.165, 1.54) is 0 Å². The van der Waals surface area contributed by atoms with Gasteiger partial charge >= 0.3 is 0 Å². The van der Waals surface area contributed by atoms with E-state index in [1.54, 1.807) is 23.1 Å². The minimum atomic E-state index is -0.0471. The van der Waals surface area contributed by atoms with Crippen molar-refractivity contribution in [2.24, 2.45) is 10.9 Å². The van der Waals surface area contributed by atoms with Gasteiger partial charge in [-0.15, -0.1) is 0 Å². The first-order chi connectivity index (χ1) is 9.85. The van der Waals surface area contributed by atoms with Gasteiger partial charge in [-0.1, -0.05) is 34.4 Å². The lowest BCUT2D eigenvalue weighted by atomic mass is 10.1. The van der Waals surface area contributed by atoms with Crippen molar-refractivity contribution in [3.63, 3.8) is 0 Å². The summed E-state index contributed by atoms with van der Waals surface area (Å²) in [4.78, 5) is 14.0. The summed E-state index contributed by atoms with van der Waals surface area (Å²) in [5.74, 6) is 0.0529. The Morgan fingerprint density at radius 2 is 2.05 bits per heavy atom. The fourth-order valence-electron chi connectivity index (χ4n) is 1.88. The molecular weight excluding hydrogens is 313 g/mol. The summed E-state index contributed by atoms with van der Waals surface area (Å²) in [5.41, 5.74) is 6.24. The molecule has 0 saturated heterocycles. The number of amides is 1. The number of rotatable bonds is 6. The van der Waals surface area contributed by atoms with Gasteiger partial charge in [0.15, 0.2) is 0 Å². The van der Waals surface area contributed by atoms with E-state index in [0.717, 1.165) is 5.56 Å². The van der Waals surface area contributed by atoms with Crippen molar-refractivity contribution < 1.29 is 10.0 Å². The van der Waals surface area contributed by atoms with Gasteiger partial charge in [0, 0.05) is 19.0 Å². The highest BCUT2D eigenvalue weighted by Crippen LogP contribution is 2.23. The van der Waals surface area contributed by atoms with Crippen LogP contribution in [0.15, 0.2) is 23.4 Å². The van der Waals surface area contributed by atoms with Crippen LogP contribution in [0.25, 0.3) is 0 Å². The molecule has 0 aliphatic rings. The molecule has 0 unspecified atom stereocenters. The largest absolute Gasteiger partial charge is 0.409 e. The number of hydrogen-bond acceptors (Lipinski definition) is 3. The Kier molecular flexibility index (Phi) is 6.78. The molecule has 0 fully saturated rings. The van der Waals surface area contributed by atoms with Gasteiger partial charge in [0.2, 0.25) is 5.91 Å². The molecule has 0 bridgehead atoms. The molecule has 3 N–H and O–H groups in total. The maximum Gasteiger partial charge on any atom is 0.227 e. The minimum Gasteiger partial charge on any atom is -0.409 e. The van der Waals surface area contributed by atoms with Crippen molar-refractivity contribution in [1.82, 2.24) is 4.90 Å². The SMILES string of the molecule is CC(C)N(CCC(N)=NO)C(=O)Cc1ccc(Cl)c(Cl)c1. The summed E-state index contributed by atoms with van der Waals surface area (Å²) in [7, 11) is 0. The molecule has 1 aromatic rings. The van der Waals surface area contributed by atoms with E-state index >= 15 is 0 Å². The van der Waals surface area contributed by atoms with Gasteiger partial charge in [-0.05, 0) is 31.5 Å². The first kappa shape index (κ1) is 17.6. The molecule has 0 aliphatic carbocycles. The number of hydrogen-bond donors (Lipinski definition) is 2. The van der Waals surface area contributed by atoms with Crippen LogP contribution in [0, 0.1) is 0 Å². The highest BCUT2D eigenvalue weighted by atomic mass is 35.5. The van der Waals surface area contributed by atoms with Crippen molar-refractivity contribution >= 4 is 34.9 Å². The number of benzene rings is 1. The van der Waals surface area contributed by atoms with Crippen molar-refractivity contribution in [3.8, 4) is 0 Å². The first-order valence-electron chi connectivity index (χ1n) is 6.55. The molecule has 5 nitrogen and oxygen atoms in total. The van der Waals surface area contributed by atoms with Gasteiger partial charge in [0.25, 0.3) is 0 Å². The maximum atomic E-state index is 12.4. The molecule has 1 aromatic carbocycles. The average Bonchev–Trinajstić information content (AvgIpc) is 2.42. The smallest absolute Gasteiger partial charge is 0.227 e. The Morgan fingerprint density at radius 1 is 1.38 bits per heavy atom. The van der Waals surface area contributed by atoms with Gasteiger partial charge in [-0.25, -0.2) is 0 Å². The van der Waals surface area contributed by atoms with Crippen LogP contribution in [-0.4, -0.2) is 34.4 Å². The van der Waals surface area contributed by atoms with E-state index in [0.29, 0.717) is 23.0 Å². The second kappa shape index (κ2) is 8.10. The lowest BCUT2D eigenvalue weighted by Gasteiger charge is -2.26. The van der Waals surface area contributed by atoms with E-state index in [-0.39, 0.29) is 24.2 Å². The topological polar surface area (TPSA) is 78.9 Å². The Morgan fingerprint density at radius 3 is 2.57 bits per heavy atom. The van der Waals surface area contributed by atoms with Crippen LogP contribution in [0.4, 0.5) is 0 Å². The summed E-state index contributed by atoms with van der Waals surface area (Å²) < 4.78 is 0. The number of nitrogens with two attached hydrogens (primary N) is 1. The van der Waals surface area contributed by atoms with Gasteiger partial charge in [-0.3, -0.25) is 4.79 Å². The Bertz CT molecular complexity index is 533. The van der Waals surface area contributed by atoms with E-state index in [2.05, 4.69) is 5.16 Å². The molecule has 21 heavy (non-hydrogen) atoms. The first-order valence-corrected chi connectivity index (χ1v) is 7.30. The molecule has 0 atom stereocenters. The van der Waals surface area contributed by atoms with Crippen LogP contribution in [0.1, 0.15) is 25.8 Å². The summed E-state index contributed by atoms with van der Waals surface area (Å²) in [6.07, 6.45) is 0.549. The third-order valence-electron chi connectivity index (χ3n) is 3.02. The van der Waals surface area contributed by atoms with Gasteiger partial charge in [0.05, 0.1) is 16.5 Å². The second-order valence-electron chi connectivity index (χ2n) is 4.95. The summed E-state index contributed by atoms with van der Waals surface area (Å²) in [6.45, 7) is 4.23. The quantitative estimate of drug-likeness (QED) is 0.364. The highest BCUT2D eigenvalue weighted by Gasteiger charge is 2.18. The third kappa shape index (κ3) is 5.44. The normalized spacial score (nSPS) is 11.8. The number of carbonyl (C=O) groups excluding carboxylic acids is 1. The Balaban J connectivity index is 2.74. The van der Waals surface area contributed by atoms with Crippen LogP contribution in [-0.2, 0) is 11.2 Å². The molecule has 1 rings (SSSR count). The lowest BCUT2D eigenvalue weighted by Crippen LogP contribution is -2.40. The average molecular weight is 332 g/mol. The van der Waals surface area contributed by atoms with Crippen LogP contribution in [0.2, 0.25) is 10.0 Å². The van der Waals surface area contributed by atoms with Gasteiger partial charge in [-0.2, -0.15) is 0 Å². The maximum absolute atomic E-state index is 12.4. The van der Waals surface area contributed by atoms with Crippen molar-refractivity contribution in [2.45, 2.75) is 32.7 Å². The van der Waals surface area contributed by atoms with Crippen molar-refractivity contribution in [3.05, 3.63) is 33.8 Å². The predicted octanol–water partition coefficient (Wildman–Crippen LogP) is 2.91. The molecule has 7 heteroatoms. The Hall–Kier alpha value is -1.46. The third-order valence-corrected chi connectivity index (χ3v) is 3.76. The minimum absolute atomic E-state index is 0.0202. The summed E-state index contributed by atoms with van der Waals surface area (Å²) in [5, 5.41) is 12.3. The number of oxime groups is 1. The standard InChI is InChI=1S/C14H19Cl2N3O2/c1-9(2)19(6-5-13(17)18-21)14(20)8-10-3-4-11(15)12(16)7-10/h3-4,7,9,21H,5-6,8H2,1-2H3,(H2,17,18). The van der Waals surface area contributed by atoms with E-state index in [4.69, 9.17) is 34.1 Å². The molecule has 1 amide bonds.